The van der Waals surface area contributed by atoms with Crippen LogP contribution < -0.4 is 5.32 Å². The average molecular weight is 429 g/mol. The zero-order valence-corrected chi connectivity index (χ0v) is 18.0. The molecule has 1 N–H and O–H groups in total. The highest BCUT2D eigenvalue weighted by atomic mass is 16.5. The lowest BCUT2D eigenvalue weighted by molar-refractivity contribution is -0.0824. The molecule has 5 heteroatoms. The first-order valence-corrected chi connectivity index (χ1v) is 10.9. The smallest absolute Gasteiger partial charge is 0.125 e. The summed E-state index contributed by atoms with van der Waals surface area (Å²) < 4.78 is 18.5. The zero-order valence-electron chi connectivity index (χ0n) is 18.0. The highest BCUT2D eigenvalue weighted by Crippen LogP contribution is 2.24. The van der Waals surface area contributed by atoms with E-state index in [4.69, 9.17) is 14.2 Å². The number of hydrogen-bond acceptors (Lipinski definition) is 5. The molecule has 3 aromatic carbocycles. The van der Waals surface area contributed by atoms with E-state index in [1.807, 2.05) is 91.0 Å². The molecule has 1 aliphatic rings. The van der Waals surface area contributed by atoms with E-state index in [0.29, 0.717) is 26.4 Å². The predicted molar refractivity (Wildman–Crippen MR) is 122 cm³/mol. The van der Waals surface area contributed by atoms with Gasteiger partial charge in [-0.25, -0.2) is 0 Å². The monoisotopic (exact) mass is 428 g/mol. The van der Waals surface area contributed by atoms with Gasteiger partial charge in [0.2, 0.25) is 0 Å². The van der Waals surface area contributed by atoms with E-state index < -0.39 is 12.1 Å². The van der Waals surface area contributed by atoms with Gasteiger partial charge in [-0.1, -0.05) is 91.0 Å². The van der Waals surface area contributed by atoms with Crippen molar-refractivity contribution in [3.8, 4) is 6.07 Å². The van der Waals surface area contributed by atoms with Gasteiger partial charge in [0.25, 0.3) is 0 Å². The minimum Gasteiger partial charge on any atom is -0.375 e. The van der Waals surface area contributed by atoms with Gasteiger partial charge < -0.3 is 14.2 Å². The predicted octanol–water partition coefficient (Wildman–Crippen LogP) is 4.24. The fraction of sp³-hybridized carbons (Fsp3) is 0.296. The lowest BCUT2D eigenvalue weighted by Gasteiger charge is -2.25. The molecule has 1 aliphatic heterocycles. The van der Waals surface area contributed by atoms with Crippen LogP contribution in [0.25, 0.3) is 0 Å². The van der Waals surface area contributed by atoms with Crippen molar-refractivity contribution >= 4 is 0 Å². The van der Waals surface area contributed by atoms with Crippen LogP contribution in [0, 0.1) is 11.3 Å². The van der Waals surface area contributed by atoms with E-state index in [-0.39, 0.29) is 12.1 Å². The fourth-order valence-electron chi connectivity index (χ4n) is 3.91. The van der Waals surface area contributed by atoms with E-state index in [0.717, 1.165) is 16.7 Å². The Bertz CT molecular complexity index is 976. The summed E-state index contributed by atoms with van der Waals surface area (Å²) in [5.74, 6) is 0. The van der Waals surface area contributed by atoms with Gasteiger partial charge in [0.15, 0.2) is 0 Å². The third kappa shape index (κ3) is 6.03. The van der Waals surface area contributed by atoms with Gasteiger partial charge in [-0.3, -0.25) is 5.32 Å². The van der Waals surface area contributed by atoms with Crippen LogP contribution in [-0.4, -0.2) is 30.9 Å². The summed E-state index contributed by atoms with van der Waals surface area (Å²) in [5, 5.41) is 13.1. The van der Waals surface area contributed by atoms with Crippen molar-refractivity contribution in [2.75, 3.05) is 6.61 Å². The first-order chi connectivity index (χ1) is 15.8. The zero-order chi connectivity index (χ0) is 22.0. The van der Waals surface area contributed by atoms with Gasteiger partial charge in [-0.05, 0) is 16.7 Å². The molecule has 5 nitrogen and oxygen atoms in total. The molecule has 32 heavy (non-hydrogen) atoms. The molecule has 0 aliphatic carbocycles. The second-order valence-electron chi connectivity index (χ2n) is 7.90. The van der Waals surface area contributed by atoms with Crippen molar-refractivity contribution in [2.24, 2.45) is 0 Å². The Morgan fingerprint density at radius 3 is 1.62 bits per heavy atom. The number of nitrogens with zero attached hydrogens (tertiary/aromatic N) is 1. The summed E-state index contributed by atoms with van der Waals surface area (Å²) in [6.07, 6.45) is -0.700. The molecule has 1 saturated heterocycles. The molecule has 4 atom stereocenters. The van der Waals surface area contributed by atoms with Gasteiger partial charge in [0.1, 0.15) is 18.2 Å². The summed E-state index contributed by atoms with van der Waals surface area (Å²) >= 11 is 0. The van der Waals surface area contributed by atoms with E-state index in [1.54, 1.807) is 0 Å². The molecule has 1 fully saturated rings. The van der Waals surface area contributed by atoms with Gasteiger partial charge in [-0.2, -0.15) is 5.26 Å². The van der Waals surface area contributed by atoms with E-state index >= 15 is 0 Å². The molecule has 1 heterocycles. The van der Waals surface area contributed by atoms with Crippen molar-refractivity contribution in [3.05, 3.63) is 108 Å². The molecule has 0 saturated carbocycles. The van der Waals surface area contributed by atoms with Crippen LogP contribution in [0.15, 0.2) is 91.0 Å². The molecule has 0 spiro atoms. The second kappa shape index (κ2) is 11.6. The first kappa shape index (κ1) is 22.2. The molecule has 0 unspecified atom stereocenters. The van der Waals surface area contributed by atoms with Crippen molar-refractivity contribution < 1.29 is 14.2 Å². The lowest BCUT2D eigenvalue weighted by Crippen LogP contribution is -2.40. The molecule has 0 radical (unpaired) electrons. The molecule has 0 amide bonds. The summed E-state index contributed by atoms with van der Waals surface area (Å²) in [5.41, 5.74) is 3.26. The Morgan fingerprint density at radius 1 is 0.656 bits per heavy atom. The van der Waals surface area contributed by atoms with Gasteiger partial charge >= 0.3 is 0 Å². The van der Waals surface area contributed by atoms with Crippen molar-refractivity contribution in [2.45, 2.75) is 44.1 Å². The molecule has 0 bridgehead atoms. The number of hydrogen-bond donors (Lipinski definition) is 1. The minimum absolute atomic E-state index is 0.146. The molecule has 3 aromatic rings. The molecule has 4 rings (SSSR count). The summed E-state index contributed by atoms with van der Waals surface area (Å²) in [6, 6.07) is 31.8. The quantitative estimate of drug-likeness (QED) is 0.523. The summed E-state index contributed by atoms with van der Waals surface area (Å²) in [4.78, 5) is 0. The summed E-state index contributed by atoms with van der Waals surface area (Å²) in [7, 11) is 0. The Kier molecular flexibility index (Phi) is 8.02. The largest absolute Gasteiger partial charge is 0.375 e. The van der Waals surface area contributed by atoms with Crippen LogP contribution in [0.5, 0.6) is 0 Å². The molecular weight excluding hydrogens is 400 g/mol. The molecule has 0 aromatic heterocycles. The van der Waals surface area contributed by atoms with Crippen LogP contribution in [0.1, 0.15) is 16.7 Å². The number of rotatable bonds is 10. The third-order valence-electron chi connectivity index (χ3n) is 5.56. The van der Waals surface area contributed by atoms with Crippen molar-refractivity contribution in [3.63, 3.8) is 0 Å². The number of ether oxygens (including phenoxy) is 3. The van der Waals surface area contributed by atoms with Crippen LogP contribution in [0.2, 0.25) is 0 Å². The van der Waals surface area contributed by atoms with Crippen LogP contribution in [0.4, 0.5) is 0 Å². The second-order valence-corrected chi connectivity index (χ2v) is 7.90. The maximum absolute atomic E-state index is 9.77. The Labute approximate surface area is 189 Å². The maximum atomic E-state index is 9.77. The number of nitriles is 1. The third-order valence-corrected chi connectivity index (χ3v) is 5.56. The first-order valence-electron chi connectivity index (χ1n) is 10.9. The lowest BCUT2D eigenvalue weighted by atomic mass is 10.1. The highest BCUT2D eigenvalue weighted by Gasteiger charge is 2.45. The normalized spacial score (nSPS) is 22.5. The van der Waals surface area contributed by atoms with Gasteiger partial charge in [0, 0.05) is 0 Å². The maximum Gasteiger partial charge on any atom is 0.125 e. The Balaban J connectivity index is 1.43. The average Bonchev–Trinajstić information content (AvgIpc) is 3.19. The minimum atomic E-state index is -0.468. The Hall–Kier alpha value is -3.01. The van der Waals surface area contributed by atoms with E-state index in [1.165, 1.54) is 0 Å². The fourth-order valence-corrected chi connectivity index (χ4v) is 3.91. The topological polar surface area (TPSA) is 63.5 Å². The van der Waals surface area contributed by atoms with Gasteiger partial charge in [0.05, 0.1) is 38.5 Å². The number of nitrogens with one attached hydrogen (secondary N) is 1. The van der Waals surface area contributed by atoms with Crippen LogP contribution >= 0.6 is 0 Å². The highest BCUT2D eigenvalue weighted by molar-refractivity contribution is 5.17. The van der Waals surface area contributed by atoms with Crippen LogP contribution in [-0.2, 0) is 34.0 Å². The molecular formula is C27H28N2O3. The standard InChI is InChI=1S/C27H28N2O3/c28-16-24-26(31-18-22-12-6-2-7-13-22)27(32-19-23-14-8-3-9-15-23)25(29-24)20-30-17-21-10-4-1-5-11-21/h1-15,24-27,29H,17-20H2/t24-,25+,26+,27-/m0/s1. The van der Waals surface area contributed by atoms with Crippen molar-refractivity contribution in [1.29, 1.82) is 5.26 Å². The van der Waals surface area contributed by atoms with Crippen LogP contribution in [0.3, 0.4) is 0 Å². The van der Waals surface area contributed by atoms with E-state index in [2.05, 4.69) is 11.4 Å². The molecule has 164 valence electrons. The SMILES string of the molecule is N#C[C@@H]1N[C@H](COCc2ccccc2)[C@H](OCc2ccccc2)[C@@H]1OCc1ccccc1. The number of benzene rings is 3. The Morgan fingerprint density at radius 2 is 1.12 bits per heavy atom. The summed E-state index contributed by atoms with van der Waals surface area (Å²) in [6.45, 7) is 1.81. The van der Waals surface area contributed by atoms with E-state index in [9.17, 15) is 5.26 Å². The van der Waals surface area contributed by atoms with Gasteiger partial charge in [-0.15, -0.1) is 0 Å². The van der Waals surface area contributed by atoms with Crippen molar-refractivity contribution in [1.82, 2.24) is 5.32 Å².